The molecule has 0 radical (unpaired) electrons. The number of aliphatic carboxylic acids is 2. The van der Waals surface area contributed by atoms with Gasteiger partial charge >= 0.3 is 35.8 Å². The molecule has 0 spiro atoms. The molecule has 0 aromatic heterocycles. The molecule has 19 nitrogen and oxygen atoms in total. The van der Waals surface area contributed by atoms with Gasteiger partial charge in [0.05, 0.1) is 43.4 Å². The second-order valence-electron chi connectivity index (χ2n) is 17.7. The smallest absolute Gasteiger partial charge is 0.335 e. The van der Waals surface area contributed by atoms with E-state index in [-0.39, 0.29) is 43.7 Å². The van der Waals surface area contributed by atoms with Crippen LogP contribution in [0.15, 0.2) is 48.5 Å². The maximum atomic E-state index is 12.1. The minimum atomic E-state index is -0.974. The van der Waals surface area contributed by atoms with Gasteiger partial charge in [-0.3, -0.25) is 43.7 Å². The maximum Gasteiger partial charge on any atom is 0.335 e. The van der Waals surface area contributed by atoms with Gasteiger partial charge in [0.25, 0.3) is 0 Å². The Morgan fingerprint density at radius 1 is 0.545 bits per heavy atom. The number of hydrogen-bond acceptors (Lipinski definition) is 15. The summed E-state index contributed by atoms with van der Waals surface area (Å²) in [5.74, 6) is -4.09. The third kappa shape index (κ3) is 28.4. The summed E-state index contributed by atoms with van der Waals surface area (Å²) >= 11 is 0. The summed E-state index contributed by atoms with van der Waals surface area (Å²) in [6.07, 6.45) is 0.944. The highest BCUT2D eigenvalue weighted by Crippen LogP contribution is 2.12. The third-order valence-corrected chi connectivity index (χ3v) is 9.62. The summed E-state index contributed by atoms with van der Waals surface area (Å²) < 4.78 is 10.8. The Kier molecular flexibility index (Phi) is 27.2. The zero-order valence-corrected chi connectivity index (χ0v) is 40.1. The number of carboxylic acid groups (broad SMARTS) is 4. The molecule has 4 rings (SSSR count). The van der Waals surface area contributed by atoms with Gasteiger partial charge in [0.15, 0.2) is 0 Å². The number of nitriles is 1. The highest BCUT2D eigenvalue weighted by atomic mass is 16.6. The molecule has 0 bridgehead atoms. The molecule has 368 valence electrons. The molecule has 2 aromatic carbocycles. The SMILES string of the molecule is CC#N.CC(C)(C)OC(=O)CN1CCNCCN(CC(=O)OC(C)(C)C)CC1.CCc1ccc(C(=O)O)cc1.O=C(O)CN1CCN(CC(=O)O)CCN(Cc2ccc(C(=O)O)cc2)CC1. The van der Waals surface area contributed by atoms with E-state index in [4.69, 9.17) is 35.2 Å². The average Bonchev–Trinajstić information content (AvgIpc) is 3.37. The van der Waals surface area contributed by atoms with E-state index in [0.717, 1.165) is 43.7 Å². The molecule has 2 aliphatic heterocycles. The van der Waals surface area contributed by atoms with Crippen LogP contribution in [0, 0.1) is 11.3 Å². The van der Waals surface area contributed by atoms with Gasteiger partial charge in [-0.25, -0.2) is 9.59 Å². The lowest BCUT2D eigenvalue weighted by atomic mass is 10.1. The zero-order valence-electron chi connectivity index (χ0n) is 40.1. The second kappa shape index (κ2) is 30.7. The van der Waals surface area contributed by atoms with Gasteiger partial charge in [-0.05, 0) is 83.4 Å². The van der Waals surface area contributed by atoms with Crippen molar-refractivity contribution >= 4 is 35.8 Å². The second-order valence-corrected chi connectivity index (χ2v) is 17.7. The zero-order chi connectivity index (χ0) is 49.9. The van der Waals surface area contributed by atoms with E-state index in [1.807, 2.05) is 70.4 Å². The van der Waals surface area contributed by atoms with Crippen molar-refractivity contribution < 1.29 is 58.7 Å². The number of nitrogens with one attached hydrogen (secondary N) is 1. The van der Waals surface area contributed by atoms with Crippen LogP contribution >= 0.6 is 0 Å². The van der Waals surface area contributed by atoms with Crippen LogP contribution in [0.1, 0.15) is 87.2 Å². The van der Waals surface area contributed by atoms with Crippen LogP contribution in [0.5, 0.6) is 0 Å². The van der Waals surface area contributed by atoms with E-state index in [9.17, 15) is 28.8 Å². The van der Waals surface area contributed by atoms with Crippen LogP contribution in [0.25, 0.3) is 0 Å². The van der Waals surface area contributed by atoms with Crippen LogP contribution in [-0.2, 0) is 41.6 Å². The Balaban J connectivity index is 0.000000515. The van der Waals surface area contributed by atoms with Crippen molar-refractivity contribution in [2.75, 3.05) is 105 Å². The number of ether oxygens (including phenoxy) is 2. The predicted octanol–water partition coefficient (Wildman–Crippen LogP) is 3.33. The fraction of sp³-hybridized carbons (Fsp3) is 0.596. The fourth-order valence-electron chi connectivity index (χ4n) is 6.47. The molecule has 19 heteroatoms. The molecule has 0 amide bonds. The lowest BCUT2D eigenvalue weighted by Gasteiger charge is -2.27. The Morgan fingerprint density at radius 2 is 0.848 bits per heavy atom. The van der Waals surface area contributed by atoms with Crippen LogP contribution in [0.3, 0.4) is 0 Å². The number of nitrogens with zero attached hydrogens (tertiary/aromatic N) is 6. The lowest BCUT2D eigenvalue weighted by Crippen LogP contribution is -2.42. The molecule has 0 saturated carbocycles. The number of hydrogen-bond donors (Lipinski definition) is 5. The Labute approximate surface area is 389 Å². The predicted molar refractivity (Wildman–Crippen MR) is 248 cm³/mol. The van der Waals surface area contributed by atoms with E-state index < -0.39 is 35.1 Å². The molecule has 5 N–H and O–H groups in total. The molecule has 2 aromatic rings. The maximum absolute atomic E-state index is 12.1. The molecule has 2 aliphatic rings. The van der Waals surface area contributed by atoms with Crippen molar-refractivity contribution in [2.45, 2.75) is 79.6 Å². The van der Waals surface area contributed by atoms with Gasteiger partial charge in [0.1, 0.15) is 11.2 Å². The molecule has 0 aliphatic carbocycles. The topological polar surface area (TPSA) is 254 Å². The summed E-state index contributed by atoms with van der Waals surface area (Å²) in [6.45, 7) is 23.7. The van der Waals surface area contributed by atoms with Gasteiger partial charge in [-0.15, -0.1) is 0 Å². The first kappa shape index (κ1) is 58.5. The Hall–Kier alpha value is -5.49. The highest BCUT2D eigenvalue weighted by Gasteiger charge is 2.23. The standard InChI is InChI=1S/C18H25N3O6.C18H35N3O4.C9H10O2.C2H3N/c22-16(23)12-20-7-5-19(6-8-21(10-9-20)13-17(24)25)11-14-1-3-15(4-2-14)18(26)27;1-17(2,3)24-15(22)13-20-9-7-19-8-10-21(12-11-20)14-16(23)25-18(4,5)6;1-2-7-3-5-8(6-4-7)9(10)11;1-2-3/h1-4H,5-13H2,(H,22,23)(H,24,25)(H,26,27);19H,7-14H2,1-6H3;3-6H,2H2,1H3,(H,10,11);1H3. The van der Waals surface area contributed by atoms with E-state index in [1.165, 1.54) is 6.92 Å². The fourth-order valence-corrected chi connectivity index (χ4v) is 6.47. The van der Waals surface area contributed by atoms with Crippen molar-refractivity contribution in [1.29, 1.82) is 5.26 Å². The van der Waals surface area contributed by atoms with Gasteiger partial charge in [-0.2, -0.15) is 5.26 Å². The Morgan fingerprint density at radius 3 is 1.14 bits per heavy atom. The first-order chi connectivity index (χ1) is 30.9. The molecule has 2 fully saturated rings. The molecule has 2 heterocycles. The molecular formula is C47H73N7O12. The van der Waals surface area contributed by atoms with Gasteiger partial charge in [0, 0.05) is 92.0 Å². The summed E-state index contributed by atoms with van der Waals surface area (Å²) in [5.41, 5.74) is 1.74. The first-order valence-electron chi connectivity index (χ1n) is 22.1. The van der Waals surface area contributed by atoms with Crippen LogP contribution in [0.2, 0.25) is 0 Å². The van der Waals surface area contributed by atoms with Crippen molar-refractivity contribution in [2.24, 2.45) is 0 Å². The largest absolute Gasteiger partial charge is 0.480 e. The molecule has 0 atom stereocenters. The quantitative estimate of drug-likeness (QED) is 0.181. The lowest BCUT2D eigenvalue weighted by molar-refractivity contribution is -0.158. The van der Waals surface area contributed by atoms with Gasteiger partial charge in [0.2, 0.25) is 0 Å². The van der Waals surface area contributed by atoms with E-state index >= 15 is 0 Å². The molecule has 66 heavy (non-hydrogen) atoms. The van der Waals surface area contributed by atoms with E-state index in [2.05, 4.69) is 20.0 Å². The van der Waals surface area contributed by atoms with Crippen molar-refractivity contribution in [3.8, 4) is 6.07 Å². The normalized spacial score (nSPS) is 16.0. The number of aryl methyl sites for hydroxylation is 1. The number of benzene rings is 2. The van der Waals surface area contributed by atoms with Crippen molar-refractivity contribution in [3.05, 3.63) is 70.8 Å². The number of carbonyl (C=O) groups is 6. The van der Waals surface area contributed by atoms with Gasteiger partial charge in [-0.1, -0.05) is 31.2 Å². The minimum absolute atomic E-state index is 0.0813. The number of rotatable bonds is 13. The van der Waals surface area contributed by atoms with Crippen LogP contribution in [-0.4, -0.2) is 197 Å². The monoisotopic (exact) mass is 928 g/mol. The summed E-state index contributed by atoms with van der Waals surface area (Å²) in [6, 6.07) is 15.3. The average molecular weight is 928 g/mol. The van der Waals surface area contributed by atoms with E-state index in [1.54, 1.807) is 42.5 Å². The first-order valence-corrected chi connectivity index (χ1v) is 22.1. The number of carboxylic acids is 4. The molecule has 2 saturated heterocycles. The number of aromatic carboxylic acids is 2. The summed E-state index contributed by atoms with van der Waals surface area (Å²) in [5, 5.41) is 46.3. The van der Waals surface area contributed by atoms with Crippen LogP contribution < -0.4 is 5.32 Å². The number of esters is 2. The summed E-state index contributed by atoms with van der Waals surface area (Å²) in [4.78, 5) is 77.5. The van der Waals surface area contributed by atoms with Crippen molar-refractivity contribution in [3.63, 3.8) is 0 Å². The van der Waals surface area contributed by atoms with E-state index in [0.29, 0.717) is 64.5 Å². The highest BCUT2D eigenvalue weighted by molar-refractivity contribution is 5.88. The van der Waals surface area contributed by atoms with Crippen molar-refractivity contribution in [1.82, 2.24) is 29.8 Å². The summed E-state index contributed by atoms with van der Waals surface area (Å²) in [7, 11) is 0. The van der Waals surface area contributed by atoms with Crippen LogP contribution in [0.4, 0.5) is 0 Å². The molecular weight excluding hydrogens is 855 g/mol. The minimum Gasteiger partial charge on any atom is -0.480 e. The number of carbonyl (C=O) groups excluding carboxylic acids is 2. The van der Waals surface area contributed by atoms with Gasteiger partial charge < -0.3 is 35.2 Å². The Bertz CT molecular complexity index is 1770. The third-order valence-electron chi connectivity index (χ3n) is 9.62. The molecule has 0 unspecified atom stereocenters.